The molecule has 12 heavy (non-hydrogen) atoms. The normalized spacial score (nSPS) is 8.92. The second-order valence-electron chi connectivity index (χ2n) is 1.94. The van der Waals surface area contributed by atoms with Gasteiger partial charge in [0.15, 0.2) is 0 Å². The zero-order valence-corrected chi connectivity index (χ0v) is 9.61. The molecule has 0 N–H and O–H groups in total. The molecule has 0 saturated heterocycles. The molecule has 0 fully saturated rings. The summed E-state index contributed by atoms with van der Waals surface area (Å²) in [6.07, 6.45) is 0. The number of benzene rings is 1. The molecule has 60 valence electrons. The molecule has 0 radical (unpaired) electrons. The van der Waals surface area contributed by atoms with Crippen LogP contribution in [-0.2, 0) is 19.2 Å². The number of nitro groups is 1. The average Bonchev–Trinajstić information content (AvgIpc) is 2.06. The Kier molecular flexibility index (Phi) is 3.71. The molecule has 0 aliphatic carbocycles. The Morgan fingerprint density at radius 2 is 2.00 bits per heavy atom. The van der Waals surface area contributed by atoms with Crippen LogP contribution in [0.1, 0.15) is 0 Å². The zero-order valence-electron chi connectivity index (χ0n) is 5.89. The van der Waals surface area contributed by atoms with Crippen molar-refractivity contribution in [2.45, 2.75) is 0 Å². The van der Waals surface area contributed by atoms with Crippen LogP contribution >= 0.6 is 0 Å². The third-order valence-electron chi connectivity index (χ3n) is 1.21. The minimum atomic E-state index is -0.392. The first kappa shape index (κ1) is 9.69. The first-order valence-corrected chi connectivity index (χ1v) is 5.74. The zero-order chi connectivity index (χ0) is 8.97. The van der Waals surface area contributed by atoms with Gasteiger partial charge in [-0.15, -0.1) is 0 Å². The quantitative estimate of drug-likeness (QED) is 0.451. The topological polar surface area (TPSA) is 43.1 Å². The second kappa shape index (κ2) is 4.59. The van der Waals surface area contributed by atoms with Crippen LogP contribution in [0.2, 0.25) is 0 Å². The van der Waals surface area contributed by atoms with E-state index >= 15 is 0 Å². The Morgan fingerprint density at radius 1 is 1.42 bits per heavy atom. The molecule has 0 aliphatic rings. The molecular formula is C7H4MoNO2Se+. The number of nitro benzene ring substituents is 1. The maximum atomic E-state index is 10.3. The van der Waals surface area contributed by atoms with Gasteiger partial charge in [0.05, 0.1) is 0 Å². The van der Waals surface area contributed by atoms with Crippen LogP contribution < -0.4 is 4.46 Å². The summed E-state index contributed by atoms with van der Waals surface area (Å²) >= 11 is 2.02. The summed E-state index contributed by atoms with van der Waals surface area (Å²) in [6, 6.07) is 6.59. The van der Waals surface area contributed by atoms with Crippen molar-refractivity contribution in [2.75, 3.05) is 0 Å². The number of non-ortho nitro benzene ring substituents is 1. The van der Waals surface area contributed by atoms with E-state index in [9.17, 15) is 10.1 Å². The summed E-state index contributed by atoms with van der Waals surface area (Å²) in [5.41, 5.74) is 0.145. The summed E-state index contributed by atoms with van der Waals surface area (Å²) < 4.78 is 4.14. The molecule has 1 rings (SSSR count). The summed E-state index contributed by atoms with van der Waals surface area (Å²) in [6.45, 7) is 0. The third kappa shape index (κ3) is 2.58. The van der Waals surface area contributed by atoms with E-state index in [-0.39, 0.29) is 20.6 Å². The molecule has 1 aromatic rings. The van der Waals surface area contributed by atoms with Gasteiger partial charge in [-0.1, -0.05) is 0 Å². The Morgan fingerprint density at radius 3 is 2.42 bits per heavy atom. The molecule has 0 saturated carbocycles. The minimum absolute atomic E-state index is 0.145. The van der Waals surface area contributed by atoms with E-state index in [0.717, 1.165) is 4.46 Å². The fourth-order valence-electron chi connectivity index (χ4n) is 0.684. The molecule has 0 heterocycles. The van der Waals surface area contributed by atoms with Gasteiger partial charge in [0.1, 0.15) is 0 Å². The number of rotatable bonds is 2. The molecule has 0 spiro atoms. The molecule has 0 aromatic heterocycles. The van der Waals surface area contributed by atoms with E-state index in [1.165, 1.54) is 12.1 Å². The summed E-state index contributed by atoms with van der Waals surface area (Å²) in [5.74, 6) is 0. The Labute approximate surface area is 86.5 Å². The van der Waals surface area contributed by atoms with Crippen LogP contribution in [-0.4, -0.2) is 19.9 Å². The second-order valence-corrected chi connectivity index (χ2v) is 5.83. The van der Waals surface area contributed by atoms with Crippen LogP contribution in [0.4, 0.5) is 5.69 Å². The van der Waals surface area contributed by atoms with Crippen LogP contribution in [0.15, 0.2) is 24.3 Å². The summed E-state index contributed by atoms with van der Waals surface area (Å²) in [5, 5.41) is 10.3. The summed E-state index contributed by atoms with van der Waals surface area (Å²) in [7, 11) is 0. The number of hydrogen-bond acceptors (Lipinski definition) is 2. The van der Waals surface area contributed by atoms with Gasteiger partial charge < -0.3 is 0 Å². The van der Waals surface area contributed by atoms with Crippen molar-refractivity contribution in [2.24, 2.45) is 0 Å². The molecule has 5 heteroatoms. The first-order chi connectivity index (χ1) is 5.74. The average molecular weight is 309 g/mol. The Balaban J connectivity index is 2.87. The maximum absolute atomic E-state index is 10.3. The fraction of sp³-hybridized carbons (Fsp3) is 0. The Bertz CT molecular complexity index is 330. The molecule has 0 aliphatic heterocycles. The van der Waals surface area contributed by atoms with Crippen molar-refractivity contribution in [1.29, 1.82) is 0 Å². The van der Waals surface area contributed by atoms with E-state index in [1.54, 1.807) is 31.3 Å². The van der Waals surface area contributed by atoms with E-state index in [0.29, 0.717) is 0 Å². The standard InChI is InChI=1S/C7H4NO2Se.Mo/c1-11-7-4-2-6(3-5-7)8(9)10;/h2-5H;/q;+1. The number of nitrogens with zero attached hydrogens (tertiary/aromatic N) is 1. The Hall–Kier alpha value is -0.392. The van der Waals surface area contributed by atoms with Gasteiger partial charge in [-0.05, 0) is 0 Å². The van der Waals surface area contributed by atoms with Crippen LogP contribution in [0.5, 0.6) is 0 Å². The van der Waals surface area contributed by atoms with Crippen molar-refractivity contribution in [3.63, 3.8) is 0 Å². The van der Waals surface area contributed by atoms with Crippen LogP contribution in [0.3, 0.4) is 0 Å². The molecule has 3 nitrogen and oxygen atoms in total. The van der Waals surface area contributed by atoms with Crippen molar-refractivity contribution >= 4 is 25.1 Å². The van der Waals surface area contributed by atoms with Gasteiger partial charge >= 0.3 is 86.7 Å². The first-order valence-electron chi connectivity index (χ1n) is 3.02. The van der Waals surface area contributed by atoms with Gasteiger partial charge in [-0.2, -0.15) is 0 Å². The van der Waals surface area contributed by atoms with Crippen molar-refractivity contribution < 1.29 is 24.1 Å². The predicted octanol–water partition coefficient (Wildman–Crippen LogP) is 0.388. The third-order valence-corrected chi connectivity index (χ3v) is 3.51. The summed E-state index contributed by atoms with van der Waals surface area (Å²) in [4.78, 5) is 9.87. The van der Waals surface area contributed by atoms with Gasteiger partial charge in [-0.3, -0.25) is 0 Å². The molecule has 1 aromatic carbocycles. The molecule has 0 atom stereocenters. The van der Waals surface area contributed by atoms with E-state index in [4.69, 9.17) is 0 Å². The number of hydrogen-bond donors (Lipinski definition) is 0. The monoisotopic (exact) mass is 312 g/mol. The molecule has 0 bridgehead atoms. The molecular weight excluding hydrogens is 305 g/mol. The molecule has 0 amide bonds. The van der Waals surface area contributed by atoms with Crippen LogP contribution in [0.25, 0.3) is 0 Å². The van der Waals surface area contributed by atoms with Gasteiger partial charge in [-0.25, -0.2) is 0 Å². The van der Waals surface area contributed by atoms with Gasteiger partial charge in [0, 0.05) is 0 Å². The van der Waals surface area contributed by atoms with Crippen LogP contribution in [0, 0.1) is 13.2 Å². The fourth-order valence-corrected chi connectivity index (χ4v) is 2.69. The van der Waals surface area contributed by atoms with Crippen molar-refractivity contribution in [1.82, 2.24) is 0 Å². The van der Waals surface area contributed by atoms with Gasteiger partial charge in [0.25, 0.3) is 0 Å². The SMILES string of the molecule is O=[N+]([O-])c1ccc([Se][C]#[Mo+])cc1. The van der Waals surface area contributed by atoms with Gasteiger partial charge in [0.2, 0.25) is 0 Å². The van der Waals surface area contributed by atoms with Crippen molar-refractivity contribution in [3.05, 3.63) is 34.4 Å². The van der Waals surface area contributed by atoms with E-state index in [1.807, 2.05) is 0 Å². The predicted molar refractivity (Wildman–Crippen MR) is 42.4 cm³/mol. The van der Waals surface area contributed by atoms with E-state index in [2.05, 4.69) is 3.10 Å². The molecule has 0 unspecified atom stereocenters. The van der Waals surface area contributed by atoms with E-state index < -0.39 is 4.92 Å². The van der Waals surface area contributed by atoms with Crippen molar-refractivity contribution in [3.8, 4) is 3.10 Å².